The van der Waals surface area contributed by atoms with E-state index in [2.05, 4.69) is 9.98 Å². The molecule has 1 aromatic carbocycles. The summed E-state index contributed by atoms with van der Waals surface area (Å²) in [6.07, 6.45) is 5.55. The molecule has 23 heavy (non-hydrogen) atoms. The molecule has 1 aromatic heterocycles. The van der Waals surface area contributed by atoms with Crippen molar-refractivity contribution in [1.82, 2.24) is 14.5 Å². The van der Waals surface area contributed by atoms with Gasteiger partial charge in [0.25, 0.3) is 0 Å². The van der Waals surface area contributed by atoms with Gasteiger partial charge in [-0.2, -0.15) is 4.98 Å². The van der Waals surface area contributed by atoms with Gasteiger partial charge in [-0.25, -0.2) is 14.2 Å². The fraction of sp³-hybridized carbons (Fsp3) is 0.188. The number of aliphatic imine (C=N–C) groups is 1. The predicted octanol–water partition coefficient (Wildman–Crippen LogP) is 2.24. The van der Waals surface area contributed by atoms with E-state index in [-0.39, 0.29) is 5.82 Å². The Kier molecular flexibility index (Phi) is 5.24. The van der Waals surface area contributed by atoms with E-state index in [1.54, 1.807) is 44.3 Å². The average Bonchev–Trinajstić information content (AvgIpc) is 2.54. The van der Waals surface area contributed by atoms with E-state index in [4.69, 9.17) is 4.74 Å². The molecular weight excluding hydrogens is 299 g/mol. The molecule has 0 bridgehead atoms. The highest BCUT2D eigenvalue weighted by atomic mass is 19.1. The number of aromatic nitrogens is 2. The molecule has 0 fully saturated rings. The molecule has 2 rings (SSSR count). The summed E-state index contributed by atoms with van der Waals surface area (Å²) in [6, 6.07) is 7.22. The van der Waals surface area contributed by atoms with Gasteiger partial charge in [-0.3, -0.25) is 4.57 Å². The van der Waals surface area contributed by atoms with Crippen LogP contribution in [0, 0.1) is 5.82 Å². The van der Waals surface area contributed by atoms with Crippen molar-refractivity contribution >= 4 is 24.4 Å². The van der Waals surface area contributed by atoms with Gasteiger partial charge < -0.3 is 9.64 Å². The van der Waals surface area contributed by atoms with Crippen LogP contribution in [0.5, 0.6) is 5.75 Å². The molecule has 1 heterocycles. The Labute approximate surface area is 133 Å². The molecule has 0 saturated carbocycles. The minimum atomic E-state index is -0.679. The third-order valence-electron chi connectivity index (χ3n) is 2.84. The summed E-state index contributed by atoms with van der Waals surface area (Å²) in [7, 11) is 5.06. The van der Waals surface area contributed by atoms with Crippen LogP contribution in [0.2, 0.25) is 0 Å². The standard InChI is InChI=1S/C16H17FN4O2/c1-20(2)11-18-15-14(17)10-21(16(22)19-15)9-8-12-4-6-13(23-3)7-5-12/h4-11H,1-3H3/b9-8+,18-11?. The lowest BCUT2D eigenvalue weighted by molar-refractivity contribution is 0.415. The summed E-state index contributed by atoms with van der Waals surface area (Å²) in [4.78, 5) is 20.9. The number of halogens is 1. The van der Waals surface area contributed by atoms with E-state index in [9.17, 15) is 9.18 Å². The molecule has 0 aliphatic carbocycles. The molecule has 0 amide bonds. The second-order valence-electron chi connectivity index (χ2n) is 4.90. The number of methoxy groups -OCH3 is 1. The number of rotatable bonds is 5. The van der Waals surface area contributed by atoms with Crippen molar-refractivity contribution in [3.05, 3.63) is 52.3 Å². The van der Waals surface area contributed by atoms with Gasteiger partial charge in [0.05, 0.1) is 19.6 Å². The molecule has 2 aromatic rings. The Morgan fingerprint density at radius 3 is 2.61 bits per heavy atom. The van der Waals surface area contributed by atoms with E-state index in [0.29, 0.717) is 0 Å². The quantitative estimate of drug-likeness (QED) is 0.627. The van der Waals surface area contributed by atoms with Gasteiger partial charge in [0, 0.05) is 20.3 Å². The molecule has 120 valence electrons. The van der Waals surface area contributed by atoms with E-state index in [1.165, 1.54) is 12.5 Å². The summed E-state index contributed by atoms with van der Waals surface area (Å²) in [5.41, 5.74) is 0.231. The van der Waals surface area contributed by atoms with Crippen molar-refractivity contribution in [3.8, 4) is 5.75 Å². The number of hydrogen-bond donors (Lipinski definition) is 0. The van der Waals surface area contributed by atoms with E-state index in [0.717, 1.165) is 22.1 Å². The molecule has 0 aliphatic heterocycles. The third-order valence-corrected chi connectivity index (χ3v) is 2.84. The molecule has 0 aliphatic rings. The lowest BCUT2D eigenvalue weighted by atomic mass is 10.2. The first-order chi connectivity index (χ1) is 11.0. The molecular formula is C16H17FN4O2. The Balaban J connectivity index is 2.24. The second-order valence-corrected chi connectivity index (χ2v) is 4.90. The van der Waals surface area contributed by atoms with Crippen molar-refractivity contribution in [2.45, 2.75) is 0 Å². The first-order valence-corrected chi connectivity index (χ1v) is 6.81. The summed E-state index contributed by atoms with van der Waals surface area (Å²) < 4.78 is 20.0. The van der Waals surface area contributed by atoms with Gasteiger partial charge in [0.2, 0.25) is 0 Å². The van der Waals surface area contributed by atoms with Gasteiger partial charge in [-0.15, -0.1) is 0 Å². The largest absolute Gasteiger partial charge is 0.497 e. The highest BCUT2D eigenvalue weighted by Gasteiger charge is 2.05. The van der Waals surface area contributed by atoms with Gasteiger partial charge in [-0.05, 0) is 23.8 Å². The minimum absolute atomic E-state index is 0.238. The highest BCUT2D eigenvalue weighted by molar-refractivity contribution is 5.61. The maximum atomic E-state index is 13.9. The lowest BCUT2D eigenvalue weighted by Crippen LogP contribution is -2.19. The zero-order valence-electron chi connectivity index (χ0n) is 13.1. The summed E-state index contributed by atoms with van der Waals surface area (Å²) in [5.74, 6) is -0.185. The first kappa shape index (κ1) is 16.4. The van der Waals surface area contributed by atoms with Crippen molar-refractivity contribution in [2.24, 2.45) is 4.99 Å². The number of ether oxygens (including phenoxy) is 1. The van der Waals surface area contributed by atoms with Crippen LogP contribution < -0.4 is 10.4 Å². The van der Waals surface area contributed by atoms with Crippen LogP contribution in [0.4, 0.5) is 10.2 Å². The van der Waals surface area contributed by atoms with Crippen LogP contribution in [-0.2, 0) is 0 Å². The molecule has 7 heteroatoms. The van der Waals surface area contributed by atoms with E-state index in [1.807, 2.05) is 12.1 Å². The van der Waals surface area contributed by atoms with Crippen LogP contribution in [0.15, 0.2) is 40.2 Å². The lowest BCUT2D eigenvalue weighted by Gasteiger charge is -2.03. The van der Waals surface area contributed by atoms with Crippen molar-refractivity contribution in [3.63, 3.8) is 0 Å². The van der Waals surface area contributed by atoms with Gasteiger partial charge in [0.1, 0.15) is 5.75 Å². The van der Waals surface area contributed by atoms with E-state index < -0.39 is 11.5 Å². The molecule has 0 radical (unpaired) electrons. The fourth-order valence-corrected chi connectivity index (χ4v) is 1.69. The maximum Gasteiger partial charge on any atom is 0.353 e. The third kappa shape index (κ3) is 4.50. The fourth-order valence-electron chi connectivity index (χ4n) is 1.69. The van der Waals surface area contributed by atoms with Crippen LogP contribution in [-0.4, -0.2) is 42.0 Å². The molecule has 0 saturated heterocycles. The van der Waals surface area contributed by atoms with Crippen LogP contribution in [0.25, 0.3) is 12.3 Å². The zero-order chi connectivity index (χ0) is 16.8. The average molecular weight is 316 g/mol. The minimum Gasteiger partial charge on any atom is -0.497 e. The van der Waals surface area contributed by atoms with Gasteiger partial charge in [-0.1, -0.05) is 12.1 Å². The van der Waals surface area contributed by atoms with Crippen LogP contribution in [0.3, 0.4) is 0 Å². The summed E-state index contributed by atoms with van der Waals surface area (Å²) in [6.45, 7) is 0. The van der Waals surface area contributed by atoms with Gasteiger partial charge in [0.15, 0.2) is 11.6 Å². The topological polar surface area (TPSA) is 59.7 Å². The Bertz CT molecular complexity index is 780. The summed E-state index contributed by atoms with van der Waals surface area (Å²) >= 11 is 0. The molecule has 0 N–H and O–H groups in total. The normalized spacial score (nSPS) is 11.3. The molecule has 0 spiro atoms. The Morgan fingerprint density at radius 1 is 1.30 bits per heavy atom. The van der Waals surface area contributed by atoms with Crippen molar-refractivity contribution in [1.29, 1.82) is 0 Å². The second kappa shape index (κ2) is 7.35. The van der Waals surface area contributed by atoms with Gasteiger partial charge >= 0.3 is 5.69 Å². The van der Waals surface area contributed by atoms with E-state index >= 15 is 0 Å². The molecule has 0 unspecified atom stereocenters. The maximum absolute atomic E-state index is 13.9. The predicted molar refractivity (Wildman–Crippen MR) is 88.5 cm³/mol. The monoisotopic (exact) mass is 316 g/mol. The van der Waals surface area contributed by atoms with Crippen molar-refractivity contribution in [2.75, 3.05) is 21.2 Å². The van der Waals surface area contributed by atoms with Crippen molar-refractivity contribution < 1.29 is 9.13 Å². The summed E-state index contributed by atoms with van der Waals surface area (Å²) in [5, 5.41) is 0. The Morgan fingerprint density at radius 2 is 2.00 bits per heavy atom. The first-order valence-electron chi connectivity index (χ1n) is 6.81. The number of hydrogen-bond acceptors (Lipinski definition) is 4. The molecule has 0 atom stereocenters. The SMILES string of the molecule is COc1ccc(/C=C/n2cc(F)c(N=CN(C)C)nc2=O)cc1. The Hall–Kier alpha value is -2.96. The van der Waals surface area contributed by atoms with Crippen LogP contribution >= 0.6 is 0 Å². The van der Waals surface area contributed by atoms with Crippen LogP contribution in [0.1, 0.15) is 5.56 Å². The smallest absolute Gasteiger partial charge is 0.353 e. The number of benzene rings is 1. The zero-order valence-corrected chi connectivity index (χ0v) is 13.1. The highest BCUT2D eigenvalue weighted by Crippen LogP contribution is 2.13. The number of nitrogens with zero attached hydrogens (tertiary/aromatic N) is 4. The molecule has 6 nitrogen and oxygen atoms in total.